The number of hydrogen-bond acceptors (Lipinski definition) is 4. The van der Waals surface area contributed by atoms with E-state index in [-0.39, 0.29) is 10.7 Å². The van der Waals surface area contributed by atoms with Crippen molar-refractivity contribution in [3.8, 4) is 5.75 Å². The van der Waals surface area contributed by atoms with Gasteiger partial charge in [-0.15, -0.1) is 0 Å². The third-order valence-electron chi connectivity index (χ3n) is 4.47. The van der Waals surface area contributed by atoms with Crippen LogP contribution >= 0.6 is 11.6 Å². The predicted octanol–water partition coefficient (Wildman–Crippen LogP) is 4.01. The van der Waals surface area contributed by atoms with E-state index in [0.29, 0.717) is 11.4 Å². The molecular weight excluding hydrogens is 400 g/mol. The highest BCUT2D eigenvalue weighted by atomic mass is 35.5. The van der Waals surface area contributed by atoms with Crippen molar-refractivity contribution in [2.45, 2.75) is 33.2 Å². The molecule has 8 heteroatoms. The first-order valence-corrected chi connectivity index (χ1v) is 11.0. The Hall–Kier alpha value is -2.25. The van der Waals surface area contributed by atoms with E-state index in [2.05, 4.69) is 5.32 Å². The lowest BCUT2D eigenvalue weighted by Crippen LogP contribution is -2.45. The smallest absolute Gasteiger partial charge is 0.248 e. The number of nitrogens with zero attached hydrogens (tertiary/aromatic N) is 1. The maximum absolute atomic E-state index is 12.9. The molecule has 2 aromatic rings. The maximum atomic E-state index is 12.9. The first-order valence-electron chi connectivity index (χ1n) is 8.82. The molecule has 2 aromatic carbocycles. The van der Waals surface area contributed by atoms with Crippen molar-refractivity contribution in [3.05, 3.63) is 52.5 Å². The van der Waals surface area contributed by atoms with E-state index in [0.717, 1.165) is 28.1 Å². The Bertz CT molecular complexity index is 976. The maximum Gasteiger partial charge on any atom is 0.248 e. The highest BCUT2D eigenvalue weighted by Gasteiger charge is 2.30. The molecule has 0 saturated carbocycles. The molecule has 1 atom stereocenters. The molecule has 0 saturated heterocycles. The minimum Gasteiger partial charge on any atom is -0.495 e. The number of hydrogen-bond donors (Lipinski definition) is 1. The van der Waals surface area contributed by atoms with Crippen LogP contribution in [0.3, 0.4) is 0 Å². The number of nitrogens with one attached hydrogen (secondary N) is 1. The van der Waals surface area contributed by atoms with Crippen molar-refractivity contribution >= 4 is 38.9 Å². The summed E-state index contributed by atoms with van der Waals surface area (Å²) >= 11 is 6.15. The third kappa shape index (κ3) is 4.77. The van der Waals surface area contributed by atoms with Gasteiger partial charge in [0.2, 0.25) is 15.9 Å². The van der Waals surface area contributed by atoms with Crippen LogP contribution in [-0.4, -0.2) is 33.7 Å². The van der Waals surface area contributed by atoms with Gasteiger partial charge in [-0.3, -0.25) is 9.10 Å². The fraction of sp³-hybridized carbons (Fsp3) is 0.350. The summed E-state index contributed by atoms with van der Waals surface area (Å²) in [6, 6.07) is 9.37. The quantitative estimate of drug-likeness (QED) is 0.728. The number of anilines is 2. The fourth-order valence-electron chi connectivity index (χ4n) is 3.03. The van der Waals surface area contributed by atoms with E-state index < -0.39 is 22.0 Å². The summed E-state index contributed by atoms with van der Waals surface area (Å²) in [4.78, 5) is 12.9. The highest BCUT2D eigenvalue weighted by molar-refractivity contribution is 7.92. The van der Waals surface area contributed by atoms with Crippen LogP contribution in [0.15, 0.2) is 36.4 Å². The molecule has 0 bridgehead atoms. The molecule has 2 rings (SSSR count). The summed E-state index contributed by atoms with van der Waals surface area (Å²) in [5.41, 5.74) is 2.90. The SMILES string of the molecule is CCc1cccc(C)c1NC(=O)[C@@H](C)N(c1ccc(OC)c(Cl)c1)S(C)(=O)=O. The van der Waals surface area contributed by atoms with E-state index >= 15 is 0 Å². The molecule has 152 valence electrons. The highest BCUT2D eigenvalue weighted by Crippen LogP contribution is 2.31. The summed E-state index contributed by atoms with van der Waals surface area (Å²) in [5.74, 6) is -0.00941. The third-order valence-corrected chi connectivity index (χ3v) is 6.00. The van der Waals surface area contributed by atoms with Crippen LogP contribution in [-0.2, 0) is 21.2 Å². The molecule has 1 N–H and O–H groups in total. The lowest BCUT2D eigenvalue weighted by molar-refractivity contribution is -0.116. The van der Waals surface area contributed by atoms with Gasteiger partial charge in [0.25, 0.3) is 0 Å². The van der Waals surface area contributed by atoms with Gasteiger partial charge in [0.1, 0.15) is 11.8 Å². The molecule has 0 unspecified atom stereocenters. The number of ether oxygens (including phenoxy) is 1. The molecular formula is C20H25ClN2O4S. The molecule has 0 aliphatic carbocycles. The molecule has 0 aliphatic rings. The van der Waals surface area contributed by atoms with Crippen LogP contribution in [0.5, 0.6) is 5.75 Å². The van der Waals surface area contributed by atoms with E-state index in [1.807, 2.05) is 32.0 Å². The molecule has 0 radical (unpaired) electrons. The van der Waals surface area contributed by atoms with Crippen molar-refractivity contribution in [3.63, 3.8) is 0 Å². The minimum absolute atomic E-state index is 0.258. The average molecular weight is 425 g/mol. The summed E-state index contributed by atoms with van der Waals surface area (Å²) in [7, 11) is -2.27. The Balaban J connectivity index is 2.40. The predicted molar refractivity (Wildman–Crippen MR) is 114 cm³/mol. The summed E-state index contributed by atoms with van der Waals surface area (Å²) in [5, 5.41) is 3.14. The van der Waals surface area contributed by atoms with Gasteiger partial charge in [-0.1, -0.05) is 36.7 Å². The number of benzene rings is 2. The number of amides is 1. The lowest BCUT2D eigenvalue weighted by Gasteiger charge is -2.29. The second-order valence-corrected chi connectivity index (χ2v) is 8.77. The van der Waals surface area contributed by atoms with Gasteiger partial charge in [0, 0.05) is 5.69 Å². The van der Waals surface area contributed by atoms with Crippen molar-refractivity contribution in [2.75, 3.05) is 23.0 Å². The number of carbonyl (C=O) groups is 1. The van der Waals surface area contributed by atoms with Crippen molar-refractivity contribution in [1.82, 2.24) is 0 Å². The molecule has 0 heterocycles. The van der Waals surface area contributed by atoms with Gasteiger partial charge in [-0.05, 0) is 49.6 Å². The van der Waals surface area contributed by atoms with Gasteiger partial charge in [-0.2, -0.15) is 0 Å². The molecule has 28 heavy (non-hydrogen) atoms. The number of halogens is 1. The zero-order chi connectivity index (χ0) is 21.1. The molecule has 0 fully saturated rings. The van der Waals surface area contributed by atoms with Crippen LogP contribution < -0.4 is 14.4 Å². The van der Waals surface area contributed by atoms with Crippen LogP contribution in [0.4, 0.5) is 11.4 Å². The first kappa shape index (κ1) is 22.0. The second-order valence-electron chi connectivity index (χ2n) is 6.51. The molecule has 6 nitrogen and oxygen atoms in total. The molecule has 0 aliphatic heterocycles. The van der Waals surface area contributed by atoms with Crippen molar-refractivity contribution < 1.29 is 17.9 Å². The van der Waals surface area contributed by atoms with Crippen LogP contribution in [0.25, 0.3) is 0 Å². The summed E-state index contributed by atoms with van der Waals surface area (Å²) in [6.07, 6.45) is 1.80. The summed E-state index contributed by atoms with van der Waals surface area (Å²) < 4.78 is 31.1. The van der Waals surface area contributed by atoms with E-state index in [1.54, 1.807) is 19.1 Å². The molecule has 0 spiro atoms. The van der Waals surface area contributed by atoms with Crippen LogP contribution in [0.2, 0.25) is 5.02 Å². The normalized spacial score (nSPS) is 12.4. The van der Waals surface area contributed by atoms with Crippen molar-refractivity contribution in [2.24, 2.45) is 0 Å². The molecule has 0 aromatic heterocycles. The molecule has 1 amide bonds. The fourth-order valence-corrected chi connectivity index (χ4v) is 4.45. The Morgan fingerprint density at radius 1 is 1.29 bits per heavy atom. The van der Waals surface area contributed by atoms with Crippen LogP contribution in [0.1, 0.15) is 25.0 Å². The Labute approximate surface area is 171 Å². The zero-order valence-electron chi connectivity index (χ0n) is 16.6. The van der Waals surface area contributed by atoms with E-state index in [9.17, 15) is 13.2 Å². The van der Waals surface area contributed by atoms with Gasteiger partial charge in [-0.25, -0.2) is 8.42 Å². The number of aryl methyl sites for hydroxylation is 2. The van der Waals surface area contributed by atoms with Gasteiger partial charge in [0.15, 0.2) is 0 Å². The average Bonchev–Trinajstić information content (AvgIpc) is 2.62. The first-order chi connectivity index (χ1) is 13.1. The van der Waals surface area contributed by atoms with Crippen LogP contribution in [0, 0.1) is 6.92 Å². The monoisotopic (exact) mass is 424 g/mol. The van der Waals surface area contributed by atoms with Gasteiger partial charge < -0.3 is 10.1 Å². The Morgan fingerprint density at radius 3 is 2.50 bits per heavy atom. The Morgan fingerprint density at radius 2 is 1.96 bits per heavy atom. The zero-order valence-corrected chi connectivity index (χ0v) is 18.2. The number of para-hydroxylation sites is 1. The van der Waals surface area contributed by atoms with Gasteiger partial charge in [0.05, 0.1) is 24.1 Å². The topological polar surface area (TPSA) is 75.7 Å². The number of methoxy groups -OCH3 is 1. The largest absolute Gasteiger partial charge is 0.495 e. The number of rotatable bonds is 7. The lowest BCUT2D eigenvalue weighted by atomic mass is 10.1. The van der Waals surface area contributed by atoms with E-state index in [4.69, 9.17) is 16.3 Å². The second kappa shape index (κ2) is 8.84. The number of carbonyl (C=O) groups excluding carboxylic acids is 1. The van der Waals surface area contributed by atoms with Gasteiger partial charge >= 0.3 is 0 Å². The summed E-state index contributed by atoms with van der Waals surface area (Å²) in [6.45, 7) is 5.44. The van der Waals surface area contributed by atoms with Crippen molar-refractivity contribution in [1.29, 1.82) is 0 Å². The van der Waals surface area contributed by atoms with E-state index in [1.165, 1.54) is 13.2 Å². The minimum atomic E-state index is -3.74. The number of sulfonamides is 1. The standard InChI is InChI=1S/C20H25ClN2O4S/c1-6-15-9-7-8-13(2)19(15)22-20(24)14(3)23(28(5,25)26)16-10-11-18(27-4)17(21)12-16/h7-12,14H,6H2,1-5H3,(H,22,24)/t14-/m1/s1. The Kier molecular flexibility index (Phi) is 6.96.